The van der Waals surface area contributed by atoms with E-state index < -0.39 is 42.4 Å². The zero-order valence-corrected chi connectivity index (χ0v) is 29.3. The zero-order valence-electron chi connectivity index (χ0n) is 25.9. The number of aromatic nitrogens is 2. The standard InChI is InChI=1S/C31H41BrN4O6SSi/c1-31(2,3)36-28(37)18-27(43(36,40)41)23-13-12-21(16-24(23)32)17-25(34-30(38)39)29-33-19-26(22-10-8-7-9-11-22)35(29)20-42-14-15-44(4,5)6/h7-13,16,18-19,25,34,40-41H,14-15,17,20H2,1-6H3,(H,38,39)/t25-/m0/s1. The predicted octanol–water partition coefficient (Wildman–Crippen LogP) is 7.82. The van der Waals surface area contributed by atoms with Crippen LogP contribution in [-0.4, -0.2) is 60.3 Å². The zero-order chi connectivity index (χ0) is 32.4. The van der Waals surface area contributed by atoms with Gasteiger partial charge in [-0.15, -0.1) is 0 Å². The van der Waals surface area contributed by atoms with Gasteiger partial charge < -0.3 is 19.7 Å². The number of benzene rings is 2. The van der Waals surface area contributed by atoms with Gasteiger partial charge in [-0.3, -0.25) is 13.9 Å². The highest BCUT2D eigenvalue weighted by Gasteiger charge is 2.45. The van der Waals surface area contributed by atoms with Crippen molar-refractivity contribution in [3.05, 3.63) is 82.2 Å². The molecule has 0 aliphatic carbocycles. The number of carboxylic acid groups (broad SMARTS) is 1. The summed E-state index contributed by atoms with van der Waals surface area (Å²) in [6, 6.07) is 15.3. The highest BCUT2D eigenvalue weighted by Crippen LogP contribution is 2.63. The fourth-order valence-corrected chi connectivity index (χ4v) is 8.59. The quantitative estimate of drug-likeness (QED) is 0.118. The molecule has 0 radical (unpaired) electrons. The van der Waals surface area contributed by atoms with Gasteiger partial charge in [-0.25, -0.2) is 14.1 Å². The minimum atomic E-state index is -3.55. The van der Waals surface area contributed by atoms with Gasteiger partial charge in [0.05, 0.1) is 28.4 Å². The summed E-state index contributed by atoms with van der Waals surface area (Å²) in [4.78, 5) is 29.5. The molecule has 44 heavy (non-hydrogen) atoms. The number of halogens is 1. The lowest BCUT2D eigenvalue weighted by Gasteiger charge is -2.46. The maximum atomic E-state index is 12.7. The molecule has 3 aromatic rings. The van der Waals surface area contributed by atoms with E-state index in [1.807, 2.05) is 34.9 Å². The fraction of sp³-hybridized carbons (Fsp3) is 0.387. The van der Waals surface area contributed by atoms with E-state index in [1.54, 1.807) is 45.2 Å². The van der Waals surface area contributed by atoms with Crippen molar-refractivity contribution in [2.45, 2.75) is 71.2 Å². The average Bonchev–Trinajstić information content (AvgIpc) is 3.43. The lowest BCUT2D eigenvalue weighted by atomic mass is 10.0. The summed E-state index contributed by atoms with van der Waals surface area (Å²) < 4.78 is 31.8. The summed E-state index contributed by atoms with van der Waals surface area (Å²) in [7, 11) is -4.87. The van der Waals surface area contributed by atoms with Gasteiger partial charge in [-0.05, 0) is 44.0 Å². The van der Waals surface area contributed by atoms with Crippen molar-refractivity contribution in [1.29, 1.82) is 0 Å². The smallest absolute Gasteiger partial charge is 0.405 e. The van der Waals surface area contributed by atoms with Crippen LogP contribution in [0.2, 0.25) is 25.7 Å². The maximum Gasteiger partial charge on any atom is 0.405 e. The van der Waals surface area contributed by atoms with E-state index >= 15 is 0 Å². The van der Waals surface area contributed by atoms with Gasteiger partial charge >= 0.3 is 6.09 Å². The second-order valence-corrected chi connectivity index (χ2v) is 21.3. The van der Waals surface area contributed by atoms with E-state index in [0.29, 0.717) is 22.5 Å². The topological polar surface area (TPSA) is 137 Å². The first-order chi connectivity index (χ1) is 20.5. The minimum absolute atomic E-state index is 0.134. The van der Waals surface area contributed by atoms with Gasteiger partial charge in [0.1, 0.15) is 12.6 Å². The number of amides is 2. The summed E-state index contributed by atoms with van der Waals surface area (Å²) in [6.07, 6.45) is 2.07. The van der Waals surface area contributed by atoms with Gasteiger partial charge in [0.2, 0.25) is 0 Å². The molecule has 10 nitrogen and oxygen atoms in total. The minimum Gasteiger partial charge on any atom is -0.465 e. The summed E-state index contributed by atoms with van der Waals surface area (Å²) >= 11 is 3.55. The van der Waals surface area contributed by atoms with Crippen LogP contribution in [0.15, 0.2) is 65.3 Å². The SMILES string of the molecule is CC(C)(C)N1C(=O)C=C(c2ccc(C[C@H](NC(=O)O)c3ncc(-c4ccccc4)n3COCC[Si](C)(C)C)cc2Br)S1(O)O. The number of hydrogen-bond donors (Lipinski definition) is 4. The first-order valence-corrected chi connectivity index (χ1v) is 20.3. The summed E-state index contributed by atoms with van der Waals surface area (Å²) in [5, 5.41) is 12.4. The summed E-state index contributed by atoms with van der Waals surface area (Å²) in [5.41, 5.74) is 2.19. The number of carbonyl (C=O) groups is 2. The Balaban J connectivity index is 1.66. The lowest BCUT2D eigenvalue weighted by Crippen LogP contribution is -2.43. The van der Waals surface area contributed by atoms with Crippen LogP contribution < -0.4 is 5.32 Å². The molecule has 0 saturated heterocycles. The highest BCUT2D eigenvalue weighted by molar-refractivity contribution is 9.10. The van der Waals surface area contributed by atoms with Crippen molar-refractivity contribution in [2.75, 3.05) is 6.61 Å². The first-order valence-electron chi connectivity index (χ1n) is 14.3. The van der Waals surface area contributed by atoms with Crippen LogP contribution >= 0.6 is 26.7 Å². The van der Waals surface area contributed by atoms with Crippen LogP contribution in [0.5, 0.6) is 0 Å². The molecule has 4 rings (SSSR count). The normalized spacial score (nSPS) is 16.5. The van der Waals surface area contributed by atoms with E-state index in [2.05, 4.69) is 45.9 Å². The van der Waals surface area contributed by atoms with Crippen molar-refractivity contribution in [2.24, 2.45) is 0 Å². The molecular weight excluding hydrogens is 664 g/mol. The molecule has 0 unspecified atom stereocenters. The fourth-order valence-electron chi connectivity index (χ4n) is 5.07. The Morgan fingerprint density at radius 1 is 1.14 bits per heavy atom. The monoisotopic (exact) mass is 704 g/mol. The molecule has 0 saturated carbocycles. The Kier molecular flexibility index (Phi) is 10.2. The number of nitrogens with zero attached hydrogens (tertiary/aromatic N) is 3. The highest BCUT2D eigenvalue weighted by atomic mass is 79.9. The van der Waals surface area contributed by atoms with Gasteiger partial charge in [0, 0.05) is 37.2 Å². The maximum absolute atomic E-state index is 12.7. The van der Waals surface area contributed by atoms with Crippen molar-refractivity contribution in [3.8, 4) is 11.3 Å². The molecule has 1 atom stereocenters. The third kappa shape index (κ3) is 7.82. The van der Waals surface area contributed by atoms with E-state index in [9.17, 15) is 23.8 Å². The number of nitrogens with one attached hydrogen (secondary N) is 1. The number of hydrogen-bond acceptors (Lipinski definition) is 6. The van der Waals surface area contributed by atoms with Crippen molar-refractivity contribution in [1.82, 2.24) is 19.2 Å². The number of imidazole rings is 1. The number of ether oxygens (including phenoxy) is 1. The van der Waals surface area contributed by atoms with Gasteiger partial charge in [-0.1, -0.05) is 88.8 Å². The van der Waals surface area contributed by atoms with Crippen molar-refractivity contribution in [3.63, 3.8) is 0 Å². The Morgan fingerprint density at radius 2 is 1.82 bits per heavy atom. The summed E-state index contributed by atoms with van der Waals surface area (Å²) in [6.45, 7) is 12.9. The average molecular weight is 706 g/mol. The van der Waals surface area contributed by atoms with Crippen LogP contribution in [0.4, 0.5) is 4.79 Å². The van der Waals surface area contributed by atoms with Gasteiger partial charge in [0.25, 0.3) is 5.91 Å². The predicted molar refractivity (Wildman–Crippen MR) is 181 cm³/mol. The molecule has 2 amide bonds. The molecule has 2 heterocycles. The number of carbonyl (C=O) groups excluding carboxylic acids is 1. The van der Waals surface area contributed by atoms with Crippen molar-refractivity contribution < 1.29 is 28.5 Å². The van der Waals surface area contributed by atoms with E-state index in [0.717, 1.165) is 27.2 Å². The lowest BCUT2D eigenvalue weighted by molar-refractivity contribution is -0.124. The van der Waals surface area contributed by atoms with Crippen LogP contribution in [0.1, 0.15) is 43.8 Å². The Labute approximate surface area is 269 Å². The van der Waals surface area contributed by atoms with Crippen LogP contribution in [-0.2, 0) is 22.7 Å². The Hall–Kier alpha value is -2.94. The number of rotatable bonds is 11. The van der Waals surface area contributed by atoms with E-state index in [4.69, 9.17) is 4.74 Å². The van der Waals surface area contributed by atoms with Crippen LogP contribution in [0.3, 0.4) is 0 Å². The third-order valence-electron chi connectivity index (χ3n) is 7.13. The Bertz CT molecular complexity index is 1550. The molecule has 238 valence electrons. The van der Waals surface area contributed by atoms with Gasteiger partial charge in [-0.2, -0.15) is 0 Å². The molecule has 0 fully saturated rings. The molecule has 13 heteroatoms. The van der Waals surface area contributed by atoms with Crippen LogP contribution in [0.25, 0.3) is 16.2 Å². The molecule has 1 aromatic heterocycles. The molecule has 1 aliphatic heterocycles. The molecule has 2 aromatic carbocycles. The van der Waals surface area contributed by atoms with E-state index in [-0.39, 0.29) is 18.1 Å². The third-order valence-corrected chi connectivity index (χ3v) is 11.7. The molecule has 4 N–H and O–H groups in total. The van der Waals surface area contributed by atoms with E-state index in [1.165, 1.54) is 6.08 Å². The molecular formula is C31H41BrN4O6SSi. The van der Waals surface area contributed by atoms with Crippen LogP contribution in [0, 0.1) is 0 Å². The summed E-state index contributed by atoms with van der Waals surface area (Å²) in [5.74, 6) is 0.0425. The molecule has 0 spiro atoms. The molecule has 1 aliphatic rings. The first kappa shape index (κ1) is 33.9. The van der Waals surface area contributed by atoms with Crippen molar-refractivity contribution >= 4 is 51.7 Å². The molecule has 0 bridgehead atoms. The van der Waals surface area contributed by atoms with Gasteiger partial charge in [0.15, 0.2) is 0 Å². The largest absolute Gasteiger partial charge is 0.465 e. The second-order valence-electron chi connectivity index (χ2n) is 13.0. The second kappa shape index (κ2) is 13.2. The Morgan fingerprint density at radius 3 is 2.39 bits per heavy atom.